The number of rotatable bonds is 4. The zero-order chi connectivity index (χ0) is 13.1. The third kappa shape index (κ3) is 2.81. The molecule has 5 heteroatoms. The van der Waals surface area contributed by atoms with Crippen molar-refractivity contribution in [1.82, 2.24) is 4.98 Å². The first-order chi connectivity index (χ1) is 8.56. The molecule has 18 heavy (non-hydrogen) atoms. The average molecular weight is 261 g/mol. The Bertz CT molecular complexity index is 560. The number of nitrogen functional groups attached to an aromatic ring is 2. The molecular weight excluding hydrogens is 246 g/mol. The van der Waals surface area contributed by atoms with Crippen LogP contribution >= 0.6 is 11.3 Å². The highest BCUT2D eigenvalue weighted by atomic mass is 32.1. The Balaban J connectivity index is 2.17. The van der Waals surface area contributed by atoms with Crippen LogP contribution in [0.2, 0.25) is 0 Å². The molecule has 4 nitrogen and oxygen atoms in total. The van der Waals surface area contributed by atoms with Crippen molar-refractivity contribution in [2.75, 3.05) is 18.1 Å². The average Bonchev–Trinajstić information content (AvgIpc) is 2.66. The van der Waals surface area contributed by atoms with E-state index in [9.17, 15) is 0 Å². The fraction of sp³-hybridized carbons (Fsp3) is 0.154. The molecule has 1 aromatic heterocycles. The molecule has 0 amide bonds. The number of thiazole rings is 1. The summed E-state index contributed by atoms with van der Waals surface area (Å²) in [4.78, 5) is 4.20. The van der Waals surface area contributed by atoms with Crippen LogP contribution in [0.4, 0.5) is 10.1 Å². The van der Waals surface area contributed by atoms with Crippen molar-refractivity contribution in [2.45, 2.75) is 6.92 Å². The lowest BCUT2D eigenvalue weighted by atomic mass is 10.1. The largest absolute Gasteiger partial charge is 0.489 e. The predicted molar refractivity (Wildman–Crippen MR) is 76.7 cm³/mol. The second-order valence-electron chi connectivity index (χ2n) is 4.04. The maximum Gasteiger partial charge on any atom is 0.182 e. The minimum atomic E-state index is 0.477. The van der Waals surface area contributed by atoms with Crippen molar-refractivity contribution in [3.8, 4) is 17.0 Å². The smallest absolute Gasteiger partial charge is 0.182 e. The highest BCUT2D eigenvalue weighted by molar-refractivity contribution is 7.19. The number of nitrogens with zero attached hydrogens (tertiary/aromatic N) is 1. The Morgan fingerprint density at radius 3 is 2.50 bits per heavy atom. The van der Waals surface area contributed by atoms with Crippen LogP contribution in [-0.4, -0.2) is 11.6 Å². The number of anilines is 2. The van der Waals surface area contributed by atoms with Gasteiger partial charge in [-0.3, -0.25) is 0 Å². The van der Waals surface area contributed by atoms with Gasteiger partial charge in [0.1, 0.15) is 23.1 Å². The van der Waals surface area contributed by atoms with E-state index >= 15 is 0 Å². The molecule has 1 heterocycles. The zero-order valence-electron chi connectivity index (χ0n) is 10.1. The highest BCUT2D eigenvalue weighted by Crippen LogP contribution is 2.32. The summed E-state index contributed by atoms with van der Waals surface area (Å²) in [6.07, 6.45) is 0. The normalized spacial score (nSPS) is 10.3. The lowest BCUT2D eigenvalue weighted by Gasteiger charge is -2.06. The minimum Gasteiger partial charge on any atom is -0.489 e. The van der Waals surface area contributed by atoms with Gasteiger partial charge in [0.2, 0.25) is 0 Å². The lowest BCUT2D eigenvalue weighted by Crippen LogP contribution is -1.97. The first kappa shape index (κ1) is 12.4. The minimum absolute atomic E-state index is 0.477. The second-order valence-corrected chi connectivity index (χ2v) is 5.10. The van der Waals surface area contributed by atoms with E-state index in [1.54, 1.807) is 0 Å². The molecule has 0 radical (unpaired) electrons. The molecule has 1 aromatic carbocycles. The first-order valence-electron chi connectivity index (χ1n) is 5.45. The molecule has 0 atom stereocenters. The second kappa shape index (κ2) is 5.10. The molecule has 4 N–H and O–H groups in total. The number of hydrogen-bond acceptors (Lipinski definition) is 5. The third-order valence-corrected chi connectivity index (χ3v) is 3.00. The van der Waals surface area contributed by atoms with Crippen molar-refractivity contribution in [3.63, 3.8) is 0 Å². The Labute approximate surface area is 110 Å². The van der Waals surface area contributed by atoms with Gasteiger partial charge in [-0.1, -0.05) is 17.9 Å². The van der Waals surface area contributed by atoms with Crippen molar-refractivity contribution >= 4 is 21.5 Å². The Morgan fingerprint density at radius 1 is 1.33 bits per heavy atom. The molecule has 0 unspecified atom stereocenters. The van der Waals surface area contributed by atoms with Crippen LogP contribution in [0.3, 0.4) is 0 Å². The summed E-state index contributed by atoms with van der Waals surface area (Å²) in [6, 6.07) is 7.59. The molecule has 0 bridgehead atoms. The van der Waals surface area contributed by atoms with Gasteiger partial charge in [0.25, 0.3) is 0 Å². The molecule has 0 spiro atoms. The fourth-order valence-electron chi connectivity index (χ4n) is 1.47. The zero-order valence-corrected chi connectivity index (χ0v) is 11.0. The molecular formula is C13H15N3OS. The van der Waals surface area contributed by atoms with Crippen LogP contribution in [0.5, 0.6) is 5.75 Å². The standard InChI is InChI=1S/C13H15N3OS/c1-8(2)7-17-10-5-3-9(4-6-10)11-12(14)18-13(15)16-11/h3-6H,1,7,14H2,2H3,(H2,15,16). The quantitative estimate of drug-likeness (QED) is 0.830. The molecule has 0 aliphatic rings. The van der Waals surface area contributed by atoms with E-state index in [0.717, 1.165) is 22.6 Å². The Morgan fingerprint density at radius 2 is 2.00 bits per heavy atom. The predicted octanol–water partition coefficient (Wildman–Crippen LogP) is 2.93. The lowest BCUT2D eigenvalue weighted by molar-refractivity contribution is 0.353. The van der Waals surface area contributed by atoms with Gasteiger partial charge in [0.05, 0.1) is 0 Å². The summed E-state index contributed by atoms with van der Waals surface area (Å²) in [7, 11) is 0. The highest BCUT2D eigenvalue weighted by Gasteiger charge is 2.08. The van der Waals surface area contributed by atoms with Gasteiger partial charge in [-0.2, -0.15) is 0 Å². The SMILES string of the molecule is C=C(C)COc1ccc(-c2nc(N)sc2N)cc1. The van der Waals surface area contributed by atoms with Gasteiger partial charge >= 0.3 is 0 Å². The summed E-state index contributed by atoms with van der Waals surface area (Å²) in [6.45, 7) is 6.23. The van der Waals surface area contributed by atoms with Crippen LogP contribution in [0.25, 0.3) is 11.3 Å². The first-order valence-corrected chi connectivity index (χ1v) is 6.27. The van der Waals surface area contributed by atoms with Gasteiger partial charge < -0.3 is 16.2 Å². The van der Waals surface area contributed by atoms with Gasteiger partial charge in [0, 0.05) is 5.56 Å². The summed E-state index contributed by atoms with van der Waals surface area (Å²) < 4.78 is 5.52. The maximum absolute atomic E-state index is 5.84. The molecule has 2 rings (SSSR count). The summed E-state index contributed by atoms with van der Waals surface area (Å²) in [5.41, 5.74) is 14.1. The van der Waals surface area contributed by atoms with E-state index in [1.165, 1.54) is 11.3 Å². The van der Waals surface area contributed by atoms with Crippen molar-refractivity contribution < 1.29 is 4.74 Å². The molecule has 0 fully saturated rings. The van der Waals surface area contributed by atoms with Crippen LogP contribution in [0, 0.1) is 0 Å². The van der Waals surface area contributed by atoms with Gasteiger partial charge in [-0.25, -0.2) is 4.98 Å². The number of ether oxygens (including phenoxy) is 1. The molecule has 2 aromatic rings. The van der Waals surface area contributed by atoms with Crippen LogP contribution < -0.4 is 16.2 Å². The number of benzene rings is 1. The summed E-state index contributed by atoms with van der Waals surface area (Å²) >= 11 is 1.28. The Hall–Kier alpha value is -2.01. The van der Waals surface area contributed by atoms with E-state index in [-0.39, 0.29) is 0 Å². The van der Waals surface area contributed by atoms with E-state index < -0.39 is 0 Å². The van der Waals surface area contributed by atoms with Crippen LogP contribution in [0.15, 0.2) is 36.4 Å². The molecule has 0 aliphatic carbocycles. The van der Waals surface area contributed by atoms with E-state index in [0.29, 0.717) is 16.7 Å². The van der Waals surface area contributed by atoms with Crippen molar-refractivity contribution in [3.05, 3.63) is 36.4 Å². The van der Waals surface area contributed by atoms with Gasteiger partial charge in [0.15, 0.2) is 5.13 Å². The number of aromatic nitrogens is 1. The monoisotopic (exact) mass is 261 g/mol. The van der Waals surface area contributed by atoms with Crippen molar-refractivity contribution in [2.24, 2.45) is 0 Å². The van der Waals surface area contributed by atoms with Crippen LogP contribution in [0.1, 0.15) is 6.92 Å². The van der Waals surface area contributed by atoms with E-state index in [1.807, 2.05) is 31.2 Å². The molecule has 94 valence electrons. The third-order valence-electron chi connectivity index (χ3n) is 2.28. The summed E-state index contributed by atoms with van der Waals surface area (Å²) in [5.74, 6) is 0.795. The van der Waals surface area contributed by atoms with Gasteiger partial charge in [-0.15, -0.1) is 0 Å². The van der Waals surface area contributed by atoms with Crippen LogP contribution in [-0.2, 0) is 0 Å². The molecule has 0 aliphatic heterocycles. The van der Waals surface area contributed by atoms with Gasteiger partial charge in [-0.05, 0) is 36.8 Å². The fourth-order valence-corrected chi connectivity index (χ4v) is 2.09. The van der Waals surface area contributed by atoms with Crippen molar-refractivity contribution in [1.29, 1.82) is 0 Å². The number of nitrogens with two attached hydrogens (primary N) is 2. The van der Waals surface area contributed by atoms with E-state index in [2.05, 4.69) is 11.6 Å². The van der Waals surface area contributed by atoms with E-state index in [4.69, 9.17) is 16.2 Å². The maximum atomic E-state index is 5.84. The number of hydrogen-bond donors (Lipinski definition) is 2. The topological polar surface area (TPSA) is 74.2 Å². The molecule has 0 saturated heterocycles. The summed E-state index contributed by atoms with van der Waals surface area (Å²) in [5, 5.41) is 1.10. The molecule has 0 saturated carbocycles. The Kier molecular flexibility index (Phi) is 3.53.